The van der Waals surface area contributed by atoms with Crippen LogP contribution in [0.15, 0.2) is 16.8 Å². The highest BCUT2D eigenvalue weighted by atomic mass is 35.5. The maximum Gasteiger partial charge on any atom is 0.237 e. The molecule has 2 heterocycles. The number of hydrogen-bond donors (Lipinski definition) is 2. The summed E-state index contributed by atoms with van der Waals surface area (Å²) in [5, 5.41) is 10.4. The molecule has 1 fully saturated rings. The number of rotatable bonds is 4. The minimum atomic E-state index is 0. The summed E-state index contributed by atoms with van der Waals surface area (Å²) in [6, 6.07) is 2.14. The average Bonchev–Trinajstić information content (AvgIpc) is 2.83. The lowest BCUT2D eigenvalue weighted by Gasteiger charge is -2.22. The number of hydrogen-bond acceptors (Lipinski definition) is 3. The van der Waals surface area contributed by atoms with Gasteiger partial charge in [-0.15, -0.1) is 12.4 Å². The first kappa shape index (κ1) is 14.5. The number of piperidine rings is 1. The molecular formula is C12H19ClN2OS. The van der Waals surface area contributed by atoms with Crippen LogP contribution in [0.1, 0.15) is 24.8 Å². The first-order chi connectivity index (χ1) is 7.86. The highest BCUT2D eigenvalue weighted by molar-refractivity contribution is 7.07. The maximum atomic E-state index is 11.8. The Kier molecular flexibility index (Phi) is 6.55. The molecular weight excluding hydrogens is 256 g/mol. The highest BCUT2D eigenvalue weighted by Crippen LogP contribution is 2.08. The summed E-state index contributed by atoms with van der Waals surface area (Å²) in [5.74, 6) is 0.162. The van der Waals surface area contributed by atoms with E-state index in [0.717, 1.165) is 32.4 Å². The van der Waals surface area contributed by atoms with E-state index in [4.69, 9.17) is 0 Å². The molecule has 96 valence electrons. The number of halogens is 1. The number of carbonyl (C=O) groups is 1. The highest BCUT2D eigenvalue weighted by Gasteiger charge is 2.19. The molecule has 0 spiro atoms. The second kappa shape index (κ2) is 7.69. The van der Waals surface area contributed by atoms with Gasteiger partial charge in [-0.3, -0.25) is 4.79 Å². The molecule has 2 N–H and O–H groups in total. The van der Waals surface area contributed by atoms with Gasteiger partial charge < -0.3 is 10.6 Å². The van der Waals surface area contributed by atoms with Crippen LogP contribution >= 0.6 is 23.7 Å². The molecule has 0 aliphatic carbocycles. The van der Waals surface area contributed by atoms with Gasteiger partial charge in [0.1, 0.15) is 0 Å². The summed E-state index contributed by atoms with van der Waals surface area (Å²) in [5.41, 5.74) is 1.31. The summed E-state index contributed by atoms with van der Waals surface area (Å²) in [7, 11) is 0. The zero-order valence-corrected chi connectivity index (χ0v) is 11.4. The van der Waals surface area contributed by atoms with Crippen molar-refractivity contribution in [3.05, 3.63) is 22.4 Å². The fourth-order valence-corrected chi connectivity index (χ4v) is 2.67. The molecule has 5 heteroatoms. The van der Waals surface area contributed by atoms with Crippen molar-refractivity contribution in [3.63, 3.8) is 0 Å². The summed E-state index contributed by atoms with van der Waals surface area (Å²) in [4.78, 5) is 11.8. The monoisotopic (exact) mass is 274 g/mol. The van der Waals surface area contributed by atoms with Gasteiger partial charge in [0, 0.05) is 6.54 Å². The smallest absolute Gasteiger partial charge is 0.237 e. The standard InChI is InChI=1S/C12H18N2OS.ClH/c15-12(11-3-1-2-6-13-11)14-7-4-10-5-8-16-9-10;/h5,8-9,11,13H,1-4,6-7H2,(H,14,15);1H/t11-;/m0./s1. The van der Waals surface area contributed by atoms with E-state index in [9.17, 15) is 4.79 Å². The largest absolute Gasteiger partial charge is 0.354 e. The molecule has 1 saturated heterocycles. The minimum Gasteiger partial charge on any atom is -0.354 e. The molecule has 0 bridgehead atoms. The van der Waals surface area contributed by atoms with Gasteiger partial charge in [0.15, 0.2) is 0 Å². The molecule has 0 aromatic carbocycles. The molecule has 1 aromatic rings. The SMILES string of the molecule is Cl.O=C(NCCc1ccsc1)[C@@H]1CCCCN1. The van der Waals surface area contributed by atoms with Crippen LogP contribution < -0.4 is 10.6 Å². The van der Waals surface area contributed by atoms with Crippen LogP contribution in [-0.4, -0.2) is 25.0 Å². The molecule has 1 atom stereocenters. The Morgan fingerprint density at radius 1 is 1.53 bits per heavy atom. The van der Waals surface area contributed by atoms with Crippen molar-refractivity contribution in [2.45, 2.75) is 31.7 Å². The lowest BCUT2D eigenvalue weighted by molar-refractivity contribution is -0.123. The second-order valence-corrected chi connectivity index (χ2v) is 4.96. The van der Waals surface area contributed by atoms with E-state index in [-0.39, 0.29) is 24.4 Å². The van der Waals surface area contributed by atoms with Crippen molar-refractivity contribution in [3.8, 4) is 0 Å². The fraction of sp³-hybridized carbons (Fsp3) is 0.583. The van der Waals surface area contributed by atoms with Crippen LogP contribution in [0.5, 0.6) is 0 Å². The van der Waals surface area contributed by atoms with Crippen LogP contribution in [0, 0.1) is 0 Å². The third-order valence-electron chi connectivity index (χ3n) is 2.92. The van der Waals surface area contributed by atoms with E-state index >= 15 is 0 Å². The van der Waals surface area contributed by atoms with Crippen molar-refractivity contribution >= 4 is 29.7 Å². The summed E-state index contributed by atoms with van der Waals surface area (Å²) < 4.78 is 0. The van der Waals surface area contributed by atoms with Crippen molar-refractivity contribution in [2.24, 2.45) is 0 Å². The maximum absolute atomic E-state index is 11.8. The molecule has 1 amide bonds. The van der Waals surface area contributed by atoms with Crippen molar-refractivity contribution in [1.29, 1.82) is 0 Å². The van der Waals surface area contributed by atoms with Gasteiger partial charge in [0.25, 0.3) is 0 Å². The van der Waals surface area contributed by atoms with Gasteiger partial charge >= 0.3 is 0 Å². The van der Waals surface area contributed by atoms with Crippen LogP contribution in [0.3, 0.4) is 0 Å². The summed E-state index contributed by atoms with van der Waals surface area (Å²) in [6.45, 7) is 1.72. The Morgan fingerprint density at radius 3 is 3.06 bits per heavy atom. The van der Waals surface area contributed by atoms with Gasteiger partial charge in [0.2, 0.25) is 5.91 Å². The zero-order chi connectivity index (χ0) is 11.2. The van der Waals surface area contributed by atoms with Crippen LogP contribution in [-0.2, 0) is 11.2 Å². The Morgan fingerprint density at radius 2 is 2.41 bits per heavy atom. The van der Waals surface area contributed by atoms with Gasteiger partial charge in [-0.05, 0) is 48.2 Å². The number of amides is 1. The number of thiophene rings is 1. The first-order valence-electron chi connectivity index (χ1n) is 5.88. The molecule has 0 unspecified atom stereocenters. The Hall–Kier alpha value is -0.580. The van der Waals surface area contributed by atoms with E-state index in [1.54, 1.807) is 11.3 Å². The second-order valence-electron chi connectivity index (χ2n) is 4.18. The summed E-state index contributed by atoms with van der Waals surface area (Å²) in [6.07, 6.45) is 4.26. The number of nitrogens with one attached hydrogen (secondary N) is 2. The molecule has 0 radical (unpaired) electrons. The topological polar surface area (TPSA) is 41.1 Å². The van der Waals surface area contributed by atoms with Crippen molar-refractivity contribution in [2.75, 3.05) is 13.1 Å². The molecule has 3 nitrogen and oxygen atoms in total. The van der Waals surface area contributed by atoms with Gasteiger partial charge in [-0.25, -0.2) is 0 Å². The molecule has 1 aliphatic heterocycles. The van der Waals surface area contributed by atoms with E-state index in [1.807, 2.05) is 0 Å². The third kappa shape index (κ3) is 4.66. The molecule has 1 aliphatic rings. The van der Waals surface area contributed by atoms with Crippen LogP contribution in [0.25, 0.3) is 0 Å². The van der Waals surface area contributed by atoms with E-state index < -0.39 is 0 Å². The van der Waals surface area contributed by atoms with Crippen LogP contribution in [0.4, 0.5) is 0 Å². The van der Waals surface area contributed by atoms with E-state index in [1.165, 1.54) is 12.0 Å². The average molecular weight is 275 g/mol. The van der Waals surface area contributed by atoms with Crippen molar-refractivity contribution < 1.29 is 4.79 Å². The van der Waals surface area contributed by atoms with Crippen molar-refractivity contribution in [1.82, 2.24) is 10.6 Å². The third-order valence-corrected chi connectivity index (χ3v) is 3.65. The fourth-order valence-electron chi connectivity index (χ4n) is 1.96. The Bertz CT molecular complexity index is 323. The first-order valence-corrected chi connectivity index (χ1v) is 6.83. The van der Waals surface area contributed by atoms with Gasteiger partial charge in [-0.1, -0.05) is 6.42 Å². The van der Waals surface area contributed by atoms with Gasteiger partial charge in [0.05, 0.1) is 6.04 Å². The van der Waals surface area contributed by atoms with Gasteiger partial charge in [-0.2, -0.15) is 11.3 Å². The Labute approximate surface area is 112 Å². The molecule has 2 rings (SSSR count). The van der Waals surface area contributed by atoms with Crippen LogP contribution in [0.2, 0.25) is 0 Å². The van der Waals surface area contributed by atoms with E-state index in [2.05, 4.69) is 27.5 Å². The number of carbonyl (C=O) groups excluding carboxylic acids is 1. The molecule has 17 heavy (non-hydrogen) atoms. The Balaban J connectivity index is 0.00000144. The predicted molar refractivity (Wildman–Crippen MR) is 73.9 cm³/mol. The lowest BCUT2D eigenvalue weighted by Crippen LogP contribution is -2.47. The normalized spacial score (nSPS) is 19.4. The quantitative estimate of drug-likeness (QED) is 0.881. The molecule has 0 saturated carbocycles. The molecule has 1 aromatic heterocycles. The minimum absolute atomic E-state index is 0. The lowest BCUT2D eigenvalue weighted by atomic mass is 10.0. The van der Waals surface area contributed by atoms with E-state index in [0.29, 0.717) is 0 Å². The zero-order valence-electron chi connectivity index (χ0n) is 9.78. The summed E-state index contributed by atoms with van der Waals surface area (Å²) >= 11 is 1.70. The predicted octanol–water partition coefficient (Wildman–Crippen LogP) is 1.97.